The molecule has 2 aromatic rings. The monoisotopic (exact) mass is 340 g/mol. The van der Waals surface area contributed by atoms with Crippen LogP contribution in [0.1, 0.15) is 31.9 Å². The van der Waals surface area contributed by atoms with Gasteiger partial charge in [0.05, 0.1) is 6.42 Å². The van der Waals surface area contributed by atoms with E-state index in [4.69, 9.17) is 4.74 Å². The largest absolute Gasteiger partial charge is 0.460 e. The van der Waals surface area contributed by atoms with Gasteiger partial charge in [-0.1, -0.05) is 30.3 Å². The van der Waals surface area contributed by atoms with Crippen molar-refractivity contribution in [1.29, 1.82) is 0 Å². The fourth-order valence-electron chi connectivity index (χ4n) is 2.33. The standard InChI is InChI=1S/C20H24N2O3/c1-14-12-15(13-18(23)25-20(2,3)4)10-11-17(14)22-19(24)21-16-8-6-5-7-9-16/h5-12H,13H2,1-4H3,(H2,21,22,24). The van der Waals surface area contributed by atoms with E-state index in [1.165, 1.54) is 0 Å². The Balaban J connectivity index is 1.97. The third kappa shape index (κ3) is 6.30. The second-order valence-corrected chi connectivity index (χ2v) is 6.86. The van der Waals surface area contributed by atoms with Gasteiger partial charge in [0.2, 0.25) is 0 Å². The summed E-state index contributed by atoms with van der Waals surface area (Å²) in [6, 6.07) is 14.4. The molecule has 5 nitrogen and oxygen atoms in total. The van der Waals surface area contributed by atoms with Gasteiger partial charge in [-0.2, -0.15) is 0 Å². The van der Waals surface area contributed by atoms with Gasteiger partial charge in [-0.25, -0.2) is 4.79 Å². The SMILES string of the molecule is Cc1cc(CC(=O)OC(C)(C)C)ccc1NC(=O)Nc1ccccc1. The van der Waals surface area contributed by atoms with Crippen LogP contribution in [-0.4, -0.2) is 17.6 Å². The number of rotatable bonds is 4. The molecule has 0 saturated heterocycles. The van der Waals surface area contributed by atoms with E-state index >= 15 is 0 Å². The summed E-state index contributed by atoms with van der Waals surface area (Å²) in [5, 5.41) is 5.58. The minimum Gasteiger partial charge on any atom is -0.460 e. The van der Waals surface area contributed by atoms with Gasteiger partial charge >= 0.3 is 12.0 Å². The number of ether oxygens (including phenoxy) is 1. The predicted octanol–water partition coefficient (Wildman–Crippen LogP) is 4.52. The van der Waals surface area contributed by atoms with Crippen molar-refractivity contribution in [2.75, 3.05) is 10.6 Å². The highest BCUT2D eigenvalue weighted by Gasteiger charge is 2.16. The van der Waals surface area contributed by atoms with Crippen LogP contribution >= 0.6 is 0 Å². The maximum Gasteiger partial charge on any atom is 0.323 e. The summed E-state index contributed by atoms with van der Waals surface area (Å²) in [4.78, 5) is 24.0. The smallest absolute Gasteiger partial charge is 0.323 e. The summed E-state index contributed by atoms with van der Waals surface area (Å²) in [7, 11) is 0. The molecule has 0 aliphatic rings. The third-order valence-corrected chi connectivity index (χ3v) is 3.34. The van der Waals surface area contributed by atoms with Gasteiger partial charge in [0.25, 0.3) is 0 Å². The van der Waals surface area contributed by atoms with Gasteiger partial charge in [0.15, 0.2) is 0 Å². The highest BCUT2D eigenvalue weighted by atomic mass is 16.6. The van der Waals surface area contributed by atoms with Gasteiger partial charge in [-0.3, -0.25) is 4.79 Å². The number of aryl methyl sites for hydroxylation is 1. The van der Waals surface area contributed by atoms with Crippen LogP contribution in [0.2, 0.25) is 0 Å². The third-order valence-electron chi connectivity index (χ3n) is 3.34. The van der Waals surface area contributed by atoms with Crippen molar-refractivity contribution in [2.24, 2.45) is 0 Å². The lowest BCUT2D eigenvalue weighted by Crippen LogP contribution is -2.25. The second kappa shape index (κ2) is 7.83. The highest BCUT2D eigenvalue weighted by molar-refractivity contribution is 6.00. The van der Waals surface area contributed by atoms with Gasteiger partial charge in [0, 0.05) is 11.4 Å². The molecule has 0 aliphatic carbocycles. The van der Waals surface area contributed by atoms with E-state index in [9.17, 15) is 9.59 Å². The lowest BCUT2D eigenvalue weighted by atomic mass is 10.1. The number of nitrogens with one attached hydrogen (secondary N) is 2. The number of para-hydroxylation sites is 1. The zero-order valence-corrected chi connectivity index (χ0v) is 15.1. The minimum absolute atomic E-state index is 0.203. The fourth-order valence-corrected chi connectivity index (χ4v) is 2.33. The van der Waals surface area contributed by atoms with Gasteiger partial charge in [-0.05, 0) is 57.0 Å². The molecule has 0 heterocycles. The molecule has 0 unspecified atom stereocenters. The lowest BCUT2D eigenvalue weighted by Gasteiger charge is -2.19. The van der Waals surface area contributed by atoms with E-state index in [1.54, 1.807) is 6.07 Å². The molecule has 2 N–H and O–H groups in total. The van der Waals surface area contributed by atoms with E-state index in [1.807, 2.05) is 70.2 Å². The molecule has 0 aliphatic heterocycles. The summed E-state index contributed by atoms with van der Waals surface area (Å²) >= 11 is 0. The zero-order chi connectivity index (χ0) is 18.4. The molecular formula is C20H24N2O3. The number of esters is 1. The van der Waals surface area contributed by atoms with Crippen LogP contribution in [0.3, 0.4) is 0 Å². The first kappa shape index (κ1) is 18.5. The van der Waals surface area contributed by atoms with E-state index in [-0.39, 0.29) is 18.4 Å². The van der Waals surface area contributed by atoms with Crippen LogP contribution in [0.25, 0.3) is 0 Å². The molecule has 0 spiro atoms. The number of amides is 2. The molecule has 25 heavy (non-hydrogen) atoms. The van der Waals surface area contributed by atoms with E-state index in [2.05, 4.69) is 10.6 Å². The van der Waals surface area contributed by atoms with Gasteiger partial charge in [-0.15, -0.1) is 0 Å². The van der Waals surface area contributed by atoms with Crippen LogP contribution in [0.4, 0.5) is 16.2 Å². The number of benzene rings is 2. The van der Waals surface area contributed by atoms with Crippen LogP contribution < -0.4 is 10.6 Å². The molecule has 0 atom stereocenters. The molecule has 0 saturated carbocycles. The molecule has 2 aromatic carbocycles. The van der Waals surface area contributed by atoms with E-state index in [0.717, 1.165) is 16.8 Å². The summed E-state index contributed by atoms with van der Waals surface area (Å²) in [5.41, 5.74) is 2.65. The molecule has 0 bridgehead atoms. The van der Waals surface area contributed by atoms with Crippen molar-refractivity contribution in [2.45, 2.75) is 39.7 Å². The Kier molecular flexibility index (Phi) is 5.80. The van der Waals surface area contributed by atoms with Gasteiger partial charge in [0.1, 0.15) is 5.60 Å². The number of hydrogen-bond acceptors (Lipinski definition) is 3. The lowest BCUT2D eigenvalue weighted by molar-refractivity contribution is -0.153. The predicted molar refractivity (Wildman–Crippen MR) is 99.8 cm³/mol. The molecule has 0 radical (unpaired) electrons. The van der Waals surface area contributed by atoms with Crippen LogP contribution in [0.15, 0.2) is 48.5 Å². The van der Waals surface area contributed by atoms with E-state index < -0.39 is 5.60 Å². The summed E-state index contributed by atoms with van der Waals surface area (Å²) in [5.74, 6) is -0.269. The van der Waals surface area contributed by atoms with Crippen LogP contribution in [0, 0.1) is 6.92 Å². The first-order chi connectivity index (χ1) is 11.7. The quantitative estimate of drug-likeness (QED) is 0.804. The van der Waals surface area contributed by atoms with Crippen LogP contribution in [-0.2, 0) is 16.0 Å². The Labute approximate surface area is 148 Å². The second-order valence-electron chi connectivity index (χ2n) is 6.86. The zero-order valence-electron chi connectivity index (χ0n) is 15.1. The number of hydrogen-bond donors (Lipinski definition) is 2. The molecule has 132 valence electrons. The molecule has 0 fully saturated rings. The van der Waals surface area contributed by atoms with Crippen molar-refractivity contribution in [3.05, 3.63) is 59.7 Å². The molecule has 2 rings (SSSR count). The normalized spacial score (nSPS) is 10.9. The minimum atomic E-state index is -0.497. The average Bonchev–Trinajstić information content (AvgIpc) is 2.49. The maximum atomic E-state index is 12.1. The fraction of sp³-hybridized carbons (Fsp3) is 0.300. The van der Waals surface area contributed by atoms with Crippen molar-refractivity contribution in [3.8, 4) is 0 Å². The Morgan fingerprint density at radius 3 is 2.28 bits per heavy atom. The topological polar surface area (TPSA) is 67.4 Å². The summed E-state index contributed by atoms with van der Waals surface area (Å²) in [6.07, 6.45) is 0.203. The highest BCUT2D eigenvalue weighted by Crippen LogP contribution is 2.18. The molecule has 2 amide bonds. The summed E-state index contributed by atoms with van der Waals surface area (Å²) < 4.78 is 5.32. The molecule has 0 aromatic heterocycles. The number of urea groups is 1. The molecular weight excluding hydrogens is 316 g/mol. The Morgan fingerprint density at radius 1 is 1.00 bits per heavy atom. The number of carbonyl (C=O) groups is 2. The molecule has 5 heteroatoms. The van der Waals surface area contributed by atoms with E-state index in [0.29, 0.717) is 5.69 Å². The van der Waals surface area contributed by atoms with Crippen molar-refractivity contribution in [1.82, 2.24) is 0 Å². The van der Waals surface area contributed by atoms with Crippen molar-refractivity contribution < 1.29 is 14.3 Å². The number of anilines is 2. The van der Waals surface area contributed by atoms with Crippen molar-refractivity contribution in [3.63, 3.8) is 0 Å². The van der Waals surface area contributed by atoms with Crippen LogP contribution in [0.5, 0.6) is 0 Å². The Morgan fingerprint density at radius 2 is 1.68 bits per heavy atom. The first-order valence-corrected chi connectivity index (χ1v) is 8.17. The Hall–Kier alpha value is -2.82. The average molecular weight is 340 g/mol. The summed E-state index contributed by atoms with van der Waals surface area (Å²) in [6.45, 7) is 7.41. The van der Waals surface area contributed by atoms with Crippen molar-refractivity contribution >= 4 is 23.4 Å². The Bertz CT molecular complexity index is 749. The maximum absolute atomic E-state index is 12.1. The van der Waals surface area contributed by atoms with Gasteiger partial charge < -0.3 is 15.4 Å². The number of carbonyl (C=O) groups excluding carboxylic acids is 2. The first-order valence-electron chi connectivity index (χ1n) is 8.17.